The number of amides is 2. The van der Waals surface area contributed by atoms with Crippen molar-refractivity contribution in [2.75, 3.05) is 13.1 Å². The smallest absolute Gasteiger partial charge is 0.410 e. The van der Waals surface area contributed by atoms with Crippen LogP contribution < -0.4 is 5.32 Å². The number of alkyl carbamates (subject to hydrolysis) is 1. The lowest BCUT2D eigenvalue weighted by Crippen LogP contribution is -2.35. The molecule has 100 valence electrons. The summed E-state index contributed by atoms with van der Waals surface area (Å²) in [5.41, 5.74) is 0.944. The summed E-state index contributed by atoms with van der Waals surface area (Å²) in [6.45, 7) is 1.07. The molecule has 2 aliphatic heterocycles. The molecule has 3 rings (SSSR count). The number of nitrogens with one attached hydrogen (secondary N) is 1. The normalized spacial score (nSPS) is 24.6. The SMILES string of the molecule is O=C1N[C@H]2CN(C(=O)OCc3ccccc3)C[C@@H]2O1. The maximum Gasteiger partial charge on any atom is 0.410 e. The zero-order valence-electron chi connectivity index (χ0n) is 10.2. The summed E-state index contributed by atoms with van der Waals surface area (Å²) >= 11 is 0. The highest BCUT2D eigenvalue weighted by Gasteiger charge is 2.43. The molecule has 0 aliphatic carbocycles. The third kappa shape index (κ3) is 2.47. The summed E-state index contributed by atoms with van der Waals surface area (Å²) in [5, 5.41) is 2.66. The number of rotatable bonds is 2. The second-order valence-corrected chi connectivity index (χ2v) is 4.64. The second kappa shape index (κ2) is 4.79. The lowest BCUT2D eigenvalue weighted by molar-refractivity contribution is 0.0918. The number of ether oxygens (including phenoxy) is 2. The molecule has 2 saturated heterocycles. The van der Waals surface area contributed by atoms with Crippen molar-refractivity contribution in [2.24, 2.45) is 0 Å². The van der Waals surface area contributed by atoms with Crippen LogP contribution in [0.15, 0.2) is 30.3 Å². The Morgan fingerprint density at radius 3 is 2.89 bits per heavy atom. The zero-order chi connectivity index (χ0) is 13.2. The molecule has 0 spiro atoms. The first-order chi connectivity index (χ1) is 9.22. The van der Waals surface area contributed by atoms with E-state index in [2.05, 4.69) is 5.32 Å². The second-order valence-electron chi connectivity index (χ2n) is 4.64. The van der Waals surface area contributed by atoms with E-state index in [0.29, 0.717) is 13.1 Å². The molecule has 2 fully saturated rings. The summed E-state index contributed by atoms with van der Waals surface area (Å²) in [6.07, 6.45) is -1.04. The van der Waals surface area contributed by atoms with Crippen LogP contribution in [0.5, 0.6) is 0 Å². The Balaban J connectivity index is 1.51. The van der Waals surface area contributed by atoms with Gasteiger partial charge in [0.1, 0.15) is 12.7 Å². The highest BCUT2D eigenvalue weighted by molar-refractivity contribution is 5.73. The van der Waals surface area contributed by atoms with Gasteiger partial charge >= 0.3 is 12.2 Å². The van der Waals surface area contributed by atoms with Gasteiger partial charge in [0.05, 0.1) is 12.6 Å². The Kier molecular flexibility index (Phi) is 2.98. The molecule has 2 aliphatic rings. The van der Waals surface area contributed by atoms with Crippen LogP contribution in [0.25, 0.3) is 0 Å². The van der Waals surface area contributed by atoms with E-state index in [9.17, 15) is 9.59 Å². The number of likely N-dealkylation sites (tertiary alicyclic amines) is 1. The van der Waals surface area contributed by atoms with Gasteiger partial charge in [-0.25, -0.2) is 9.59 Å². The minimum absolute atomic E-state index is 0.114. The van der Waals surface area contributed by atoms with Gasteiger partial charge in [-0.3, -0.25) is 0 Å². The molecule has 1 aromatic rings. The lowest BCUT2D eigenvalue weighted by atomic mass is 10.2. The highest BCUT2D eigenvalue weighted by atomic mass is 16.6. The average Bonchev–Trinajstić information content (AvgIpc) is 2.94. The van der Waals surface area contributed by atoms with E-state index in [-0.39, 0.29) is 24.8 Å². The van der Waals surface area contributed by atoms with Crippen LogP contribution in [-0.4, -0.2) is 42.3 Å². The third-order valence-electron chi connectivity index (χ3n) is 3.29. The Morgan fingerprint density at radius 1 is 1.37 bits per heavy atom. The molecule has 0 unspecified atom stereocenters. The van der Waals surface area contributed by atoms with E-state index in [1.807, 2.05) is 30.3 Å². The van der Waals surface area contributed by atoms with Gasteiger partial charge in [-0.05, 0) is 5.56 Å². The van der Waals surface area contributed by atoms with Crippen LogP contribution in [0.4, 0.5) is 9.59 Å². The molecule has 6 heteroatoms. The first kappa shape index (κ1) is 11.8. The molecule has 2 amide bonds. The minimum atomic E-state index is -0.410. The van der Waals surface area contributed by atoms with Crippen molar-refractivity contribution in [1.82, 2.24) is 10.2 Å². The summed E-state index contributed by atoms with van der Waals surface area (Å²) in [4.78, 5) is 24.4. The molecule has 1 aromatic carbocycles. The fraction of sp³-hybridized carbons (Fsp3) is 0.385. The van der Waals surface area contributed by atoms with Crippen molar-refractivity contribution in [2.45, 2.75) is 18.8 Å². The molecule has 2 atom stereocenters. The van der Waals surface area contributed by atoms with Gasteiger partial charge in [0, 0.05) is 6.54 Å². The van der Waals surface area contributed by atoms with Crippen molar-refractivity contribution in [3.8, 4) is 0 Å². The van der Waals surface area contributed by atoms with Crippen LogP contribution in [0.1, 0.15) is 5.56 Å². The van der Waals surface area contributed by atoms with Crippen LogP contribution in [-0.2, 0) is 16.1 Å². The number of fused-ring (bicyclic) bond motifs is 1. The molecule has 0 bridgehead atoms. The van der Waals surface area contributed by atoms with Crippen LogP contribution >= 0.6 is 0 Å². The number of benzene rings is 1. The maximum atomic E-state index is 11.9. The number of carbonyl (C=O) groups is 2. The van der Waals surface area contributed by atoms with Crippen molar-refractivity contribution in [1.29, 1.82) is 0 Å². The molecule has 0 saturated carbocycles. The van der Waals surface area contributed by atoms with Crippen molar-refractivity contribution < 1.29 is 19.1 Å². The molecule has 19 heavy (non-hydrogen) atoms. The van der Waals surface area contributed by atoms with Gasteiger partial charge in [0.2, 0.25) is 0 Å². The fourth-order valence-electron chi connectivity index (χ4n) is 2.31. The average molecular weight is 262 g/mol. The Labute approximate surface area is 110 Å². The molecule has 1 N–H and O–H groups in total. The minimum Gasteiger partial charge on any atom is -0.445 e. The quantitative estimate of drug-likeness (QED) is 0.867. The number of hydrogen-bond donors (Lipinski definition) is 1. The Bertz CT molecular complexity index is 475. The fourth-order valence-corrected chi connectivity index (χ4v) is 2.31. The van der Waals surface area contributed by atoms with E-state index in [1.165, 1.54) is 0 Å². The van der Waals surface area contributed by atoms with Gasteiger partial charge in [0.15, 0.2) is 0 Å². The molecule has 0 radical (unpaired) electrons. The van der Waals surface area contributed by atoms with Gasteiger partial charge in [-0.1, -0.05) is 30.3 Å². The first-order valence-corrected chi connectivity index (χ1v) is 6.15. The number of carbonyl (C=O) groups excluding carboxylic acids is 2. The number of nitrogens with zero attached hydrogens (tertiary/aromatic N) is 1. The van der Waals surface area contributed by atoms with E-state index in [4.69, 9.17) is 9.47 Å². The van der Waals surface area contributed by atoms with E-state index in [0.717, 1.165) is 5.56 Å². The van der Waals surface area contributed by atoms with Crippen molar-refractivity contribution in [3.63, 3.8) is 0 Å². The van der Waals surface area contributed by atoms with Crippen molar-refractivity contribution >= 4 is 12.2 Å². The van der Waals surface area contributed by atoms with Gasteiger partial charge in [0.25, 0.3) is 0 Å². The van der Waals surface area contributed by atoms with Crippen molar-refractivity contribution in [3.05, 3.63) is 35.9 Å². The molecular formula is C13H14N2O4. The predicted molar refractivity (Wildman–Crippen MR) is 65.4 cm³/mol. The largest absolute Gasteiger partial charge is 0.445 e. The molecule has 6 nitrogen and oxygen atoms in total. The monoisotopic (exact) mass is 262 g/mol. The maximum absolute atomic E-state index is 11.9. The zero-order valence-corrected chi connectivity index (χ0v) is 10.2. The summed E-state index contributed by atoms with van der Waals surface area (Å²) in [6, 6.07) is 9.38. The summed E-state index contributed by atoms with van der Waals surface area (Å²) in [7, 11) is 0. The van der Waals surface area contributed by atoms with E-state index in [1.54, 1.807) is 4.90 Å². The Hall–Kier alpha value is -2.24. The highest BCUT2D eigenvalue weighted by Crippen LogP contribution is 2.19. The topological polar surface area (TPSA) is 67.9 Å². The van der Waals surface area contributed by atoms with Gasteiger partial charge in [-0.15, -0.1) is 0 Å². The molecule has 0 aromatic heterocycles. The van der Waals surface area contributed by atoms with Crippen LogP contribution in [0.2, 0.25) is 0 Å². The van der Waals surface area contributed by atoms with E-state index < -0.39 is 6.09 Å². The molecule has 2 heterocycles. The third-order valence-corrected chi connectivity index (χ3v) is 3.29. The predicted octanol–water partition coefficient (Wildman–Crippen LogP) is 1.12. The van der Waals surface area contributed by atoms with E-state index >= 15 is 0 Å². The Morgan fingerprint density at radius 2 is 2.16 bits per heavy atom. The van der Waals surface area contributed by atoms with Gasteiger partial charge in [-0.2, -0.15) is 0 Å². The van der Waals surface area contributed by atoms with Crippen LogP contribution in [0, 0.1) is 0 Å². The first-order valence-electron chi connectivity index (χ1n) is 6.15. The standard InChI is InChI=1S/C13H14N2O4/c16-12-14-10-6-15(7-11(10)19-12)13(17)18-8-9-4-2-1-3-5-9/h1-5,10-11H,6-8H2,(H,14,16)/t10-,11-/m0/s1. The lowest BCUT2D eigenvalue weighted by Gasteiger charge is -2.16. The van der Waals surface area contributed by atoms with Crippen LogP contribution in [0.3, 0.4) is 0 Å². The number of hydrogen-bond acceptors (Lipinski definition) is 4. The van der Waals surface area contributed by atoms with Gasteiger partial charge < -0.3 is 19.7 Å². The molecular weight excluding hydrogens is 248 g/mol. The summed E-state index contributed by atoms with van der Waals surface area (Å²) < 4.78 is 10.3. The summed E-state index contributed by atoms with van der Waals surface area (Å²) in [5.74, 6) is 0.